The first-order valence-electron chi connectivity index (χ1n) is 8.95. The van der Waals surface area contributed by atoms with Gasteiger partial charge in [0.1, 0.15) is 17.2 Å². The van der Waals surface area contributed by atoms with Gasteiger partial charge in [-0.15, -0.1) is 0 Å². The van der Waals surface area contributed by atoms with Crippen molar-refractivity contribution in [2.24, 2.45) is 0 Å². The normalized spacial score (nSPS) is 12.6. The van der Waals surface area contributed by atoms with Crippen molar-refractivity contribution in [2.75, 3.05) is 0 Å². The van der Waals surface area contributed by atoms with Crippen LogP contribution in [0.4, 0.5) is 17.1 Å². The largest absolute Gasteiger partial charge is 0.457 e. The second-order valence-electron chi connectivity index (χ2n) is 6.41. The van der Waals surface area contributed by atoms with E-state index in [1.807, 2.05) is 78.9 Å². The Balaban J connectivity index is 1.53. The van der Waals surface area contributed by atoms with E-state index in [4.69, 9.17) is 9.47 Å². The van der Waals surface area contributed by atoms with Gasteiger partial charge in [-0.1, -0.05) is 42.5 Å². The summed E-state index contributed by atoms with van der Waals surface area (Å²) in [6.45, 7) is 0. The number of hydrogen-bond acceptors (Lipinski definition) is 2. The van der Waals surface area contributed by atoms with Gasteiger partial charge >= 0.3 is 0 Å². The molecular weight excluding hydrogens is 334 g/mol. The summed E-state index contributed by atoms with van der Waals surface area (Å²) in [6, 6.07) is 34.4. The lowest BCUT2D eigenvalue weighted by atomic mass is 10.1. The van der Waals surface area contributed by atoms with Crippen LogP contribution in [0.2, 0.25) is 0 Å². The molecule has 1 aliphatic heterocycles. The Bertz CT molecular complexity index is 1030. The van der Waals surface area contributed by atoms with Crippen LogP contribution in [0.5, 0.6) is 23.0 Å². The van der Waals surface area contributed by atoms with Gasteiger partial charge in [-0.2, -0.15) is 0 Å². The van der Waals surface area contributed by atoms with Gasteiger partial charge in [-0.25, -0.2) is 4.90 Å². The highest BCUT2D eigenvalue weighted by Crippen LogP contribution is 2.38. The molecule has 1 heterocycles. The minimum Gasteiger partial charge on any atom is -0.457 e. The first kappa shape index (κ1) is 15.7. The van der Waals surface area contributed by atoms with Gasteiger partial charge in [0.25, 0.3) is 0 Å². The third-order valence-electron chi connectivity index (χ3n) is 4.65. The van der Waals surface area contributed by atoms with Crippen molar-refractivity contribution in [3.63, 3.8) is 0 Å². The number of para-hydroxylation sites is 5. The first-order chi connectivity index (χ1) is 13.4. The molecule has 0 fully saturated rings. The Morgan fingerprint density at radius 1 is 0.519 bits per heavy atom. The summed E-state index contributed by atoms with van der Waals surface area (Å²) in [6.07, 6.45) is 0. The summed E-state index contributed by atoms with van der Waals surface area (Å²) in [5, 5.41) is 0. The van der Waals surface area contributed by atoms with Gasteiger partial charge in [0.15, 0.2) is 22.9 Å². The van der Waals surface area contributed by atoms with Crippen molar-refractivity contribution in [1.82, 2.24) is 0 Å². The van der Waals surface area contributed by atoms with E-state index in [0.717, 1.165) is 40.1 Å². The van der Waals surface area contributed by atoms with Crippen LogP contribution < -0.4 is 14.4 Å². The number of nitrogens with one attached hydrogen (secondary N) is 1. The second kappa shape index (κ2) is 6.63. The predicted octanol–water partition coefficient (Wildman–Crippen LogP) is 5.76. The highest BCUT2D eigenvalue weighted by molar-refractivity contribution is 5.62. The van der Waals surface area contributed by atoms with Crippen LogP contribution in [-0.2, 0) is 0 Å². The average molecular weight is 352 g/mol. The molecule has 0 saturated carbocycles. The highest BCUT2D eigenvalue weighted by atomic mass is 16.5. The standard InChI is InChI=1S/C24H17NO2/c1-2-8-19(9-3-1)26-20-16-14-18(15-17-20)25-21-10-4-6-12-23(21)27-24-13-7-5-11-22(24)25/h1-17H/p+1. The SMILES string of the molecule is c1ccc(Oc2ccc([NH+]3c4ccccc4Oc4ccccc43)cc2)cc1. The minimum absolute atomic E-state index is 0.819. The summed E-state index contributed by atoms with van der Waals surface area (Å²) in [5.74, 6) is 3.42. The zero-order valence-electron chi connectivity index (χ0n) is 14.6. The first-order valence-corrected chi connectivity index (χ1v) is 8.95. The molecule has 0 bridgehead atoms. The van der Waals surface area contributed by atoms with Crippen molar-refractivity contribution < 1.29 is 14.4 Å². The van der Waals surface area contributed by atoms with Gasteiger partial charge in [0.2, 0.25) is 0 Å². The number of hydrogen-bond donors (Lipinski definition) is 1. The zero-order chi connectivity index (χ0) is 18.1. The Labute approximate surface area is 158 Å². The Kier molecular flexibility index (Phi) is 3.85. The lowest BCUT2D eigenvalue weighted by molar-refractivity contribution is -0.684. The quantitative estimate of drug-likeness (QED) is 0.446. The molecule has 0 unspecified atom stereocenters. The zero-order valence-corrected chi connectivity index (χ0v) is 14.6. The molecule has 5 rings (SSSR count). The Hall–Kier alpha value is -3.56. The summed E-state index contributed by atoms with van der Waals surface area (Å²) < 4.78 is 12.0. The van der Waals surface area contributed by atoms with Crippen molar-refractivity contribution >= 4 is 17.1 Å². The van der Waals surface area contributed by atoms with E-state index in [2.05, 4.69) is 24.3 Å². The van der Waals surface area contributed by atoms with Crippen LogP contribution in [0, 0.1) is 0 Å². The third kappa shape index (κ3) is 2.94. The fraction of sp³-hybridized carbons (Fsp3) is 0. The van der Waals surface area contributed by atoms with E-state index in [0.29, 0.717) is 0 Å². The van der Waals surface area contributed by atoms with Crippen LogP contribution in [-0.4, -0.2) is 0 Å². The Morgan fingerprint density at radius 2 is 1.04 bits per heavy atom. The van der Waals surface area contributed by atoms with E-state index in [-0.39, 0.29) is 0 Å². The van der Waals surface area contributed by atoms with Gasteiger partial charge in [-0.3, -0.25) is 0 Å². The fourth-order valence-corrected chi connectivity index (χ4v) is 3.41. The molecule has 130 valence electrons. The van der Waals surface area contributed by atoms with E-state index in [1.54, 1.807) is 0 Å². The molecule has 4 aromatic rings. The van der Waals surface area contributed by atoms with E-state index < -0.39 is 0 Å². The summed E-state index contributed by atoms with van der Waals surface area (Å²) in [4.78, 5) is 1.18. The summed E-state index contributed by atoms with van der Waals surface area (Å²) in [5.41, 5.74) is 3.35. The summed E-state index contributed by atoms with van der Waals surface area (Å²) in [7, 11) is 0. The smallest absolute Gasteiger partial charge is 0.189 e. The van der Waals surface area contributed by atoms with Crippen LogP contribution in [0.25, 0.3) is 0 Å². The minimum atomic E-state index is 0.819. The molecular formula is C24H18NO2+. The van der Waals surface area contributed by atoms with E-state index in [1.165, 1.54) is 4.90 Å². The van der Waals surface area contributed by atoms with Crippen molar-refractivity contribution in [1.29, 1.82) is 0 Å². The molecule has 0 amide bonds. The third-order valence-corrected chi connectivity index (χ3v) is 4.65. The molecule has 0 atom stereocenters. The predicted molar refractivity (Wildman–Crippen MR) is 106 cm³/mol. The van der Waals surface area contributed by atoms with Crippen molar-refractivity contribution in [3.05, 3.63) is 103 Å². The second-order valence-corrected chi connectivity index (χ2v) is 6.41. The van der Waals surface area contributed by atoms with Crippen LogP contribution >= 0.6 is 0 Å². The molecule has 4 aromatic carbocycles. The highest BCUT2D eigenvalue weighted by Gasteiger charge is 2.30. The molecule has 3 nitrogen and oxygen atoms in total. The molecule has 1 N–H and O–H groups in total. The molecule has 0 aromatic heterocycles. The lowest BCUT2D eigenvalue weighted by Crippen LogP contribution is -2.97. The van der Waals surface area contributed by atoms with Crippen LogP contribution in [0.1, 0.15) is 0 Å². The van der Waals surface area contributed by atoms with Crippen molar-refractivity contribution in [3.8, 4) is 23.0 Å². The van der Waals surface area contributed by atoms with Crippen molar-refractivity contribution in [2.45, 2.75) is 0 Å². The number of quaternary nitrogens is 1. The Morgan fingerprint density at radius 3 is 1.67 bits per heavy atom. The molecule has 27 heavy (non-hydrogen) atoms. The van der Waals surface area contributed by atoms with Crippen LogP contribution in [0.3, 0.4) is 0 Å². The number of ether oxygens (including phenoxy) is 2. The fourth-order valence-electron chi connectivity index (χ4n) is 3.41. The van der Waals surface area contributed by atoms with Gasteiger partial charge in [0.05, 0.1) is 0 Å². The van der Waals surface area contributed by atoms with E-state index in [9.17, 15) is 0 Å². The maximum absolute atomic E-state index is 6.09. The monoisotopic (exact) mass is 352 g/mol. The maximum Gasteiger partial charge on any atom is 0.189 e. The topological polar surface area (TPSA) is 22.9 Å². The van der Waals surface area contributed by atoms with Gasteiger partial charge in [-0.05, 0) is 36.4 Å². The van der Waals surface area contributed by atoms with E-state index >= 15 is 0 Å². The molecule has 3 heteroatoms. The van der Waals surface area contributed by atoms with Crippen LogP contribution in [0.15, 0.2) is 103 Å². The maximum atomic E-state index is 6.09. The van der Waals surface area contributed by atoms with Gasteiger partial charge in [0, 0.05) is 24.3 Å². The number of benzene rings is 4. The lowest BCUT2D eigenvalue weighted by Gasteiger charge is -2.26. The van der Waals surface area contributed by atoms with Gasteiger partial charge < -0.3 is 9.47 Å². The number of fused-ring (bicyclic) bond motifs is 2. The molecule has 0 radical (unpaired) electrons. The molecule has 0 aliphatic carbocycles. The summed E-state index contributed by atoms with van der Waals surface area (Å²) >= 11 is 0. The molecule has 1 aliphatic rings. The molecule has 0 spiro atoms. The number of rotatable bonds is 3. The average Bonchev–Trinajstić information content (AvgIpc) is 2.73. The molecule has 0 saturated heterocycles.